The van der Waals surface area contributed by atoms with Crippen LogP contribution in [0.25, 0.3) is 0 Å². The van der Waals surface area contributed by atoms with Crippen LogP contribution >= 0.6 is 22.6 Å². The van der Waals surface area contributed by atoms with Crippen LogP contribution in [0, 0.1) is 10.5 Å². The van der Waals surface area contributed by atoms with Gasteiger partial charge in [0.15, 0.2) is 0 Å². The van der Waals surface area contributed by atoms with Crippen LogP contribution in [0.4, 0.5) is 0 Å². The zero-order valence-electron chi connectivity index (χ0n) is 7.16. The van der Waals surface area contributed by atoms with Crippen LogP contribution in [0.15, 0.2) is 11.1 Å². The van der Waals surface area contributed by atoms with Crippen LogP contribution in [0.5, 0.6) is 0 Å². The molecule has 1 saturated heterocycles. The predicted molar refractivity (Wildman–Crippen MR) is 55.7 cm³/mol. The summed E-state index contributed by atoms with van der Waals surface area (Å²) in [4.78, 5) is 15.7. The van der Waals surface area contributed by atoms with Crippen LogP contribution < -0.4 is 5.56 Å². The first-order chi connectivity index (χ1) is 6.18. The Morgan fingerprint density at radius 2 is 2.54 bits per heavy atom. The maximum Gasteiger partial charge on any atom is 0.267 e. The maximum absolute atomic E-state index is 11.6. The van der Waals surface area contributed by atoms with Crippen molar-refractivity contribution in [2.24, 2.45) is 0 Å². The molecule has 1 unspecified atom stereocenters. The number of ether oxygens (including phenoxy) is 1. The summed E-state index contributed by atoms with van der Waals surface area (Å²) in [6.07, 6.45) is 1.81. The molecule has 1 aromatic rings. The average molecular weight is 292 g/mol. The van der Waals surface area contributed by atoms with Crippen molar-refractivity contribution in [2.45, 2.75) is 19.6 Å². The molecular weight excluding hydrogens is 283 g/mol. The number of rotatable bonds is 2. The molecule has 1 aromatic heterocycles. The first-order valence-electron chi connectivity index (χ1n) is 4.01. The van der Waals surface area contributed by atoms with E-state index in [1.165, 1.54) is 0 Å². The molecule has 13 heavy (non-hydrogen) atoms. The summed E-state index contributed by atoms with van der Waals surface area (Å²) in [6, 6.07) is 0. The molecule has 2 rings (SSSR count). The van der Waals surface area contributed by atoms with E-state index in [-0.39, 0.29) is 11.7 Å². The number of nitrogens with zero attached hydrogens (tertiary/aromatic N) is 2. The van der Waals surface area contributed by atoms with Crippen molar-refractivity contribution in [1.82, 2.24) is 9.55 Å². The lowest BCUT2D eigenvalue weighted by Gasteiger charge is -2.03. The van der Waals surface area contributed by atoms with Gasteiger partial charge in [0.05, 0.1) is 34.8 Å². The van der Waals surface area contributed by atoms with Gasteiger partial charge in [0.2, 0.25) is 0 Å². The van der Waals surface area contributed by atoms with E-state index in [0.29, 0.717) is 10.1 Å². The van der Waals surface area contributed by atoms with Crippen molar-refractivity contribution in [1.29, 1.82) is 0 Å². The fraction of sp³-hybridized carbons (Fsp3) is 0.500. The van der Waals surface area contributed by atoms with E-state index in [4.69, 9.17) is 4.74 Å². The fourth-order valence-corrected chi connectivity index (χ4v) is 1.52. The molecule has 0 amide bonds. The molecule has 0 radical (unpaired) electrons. The van der Waals surface area contributed by atoms with Crippen LogP contribution in [0.3, 0.4) is 0 Å². The highest BCUT2D eigenvalue weighted by Gasteiger charge is 2.23. The van der Waals surface area contributed by atoms with Crippen LogP contribution in [0.1, 0.15) is 5.69 Å². The van der Waals surface area contributed by atoms with Gasteiger partial charge in [-0.25, -0.2) is 4.98 Å². The van der Waals surface area contributed by atoms with Crippen LogP contribution in [-0.2, 0) is 11.3 Å². The Balaban J connectivity index is 2.35. The number of aromatic nitrogens is 2. The minimum atomic E-state index is 0.0311. The van der Waals surface area contributed by atoms with E-state index in [0.717, 1.165) is 12.3 Å². The van der Waals surface area contributed by atoms with Crippen molar-refractivity contribution in [3.63, 3.8) is 0 Å². The summed E-state index contributed by atoms with van der Waals surface area (Å²) in [7, 11) is 0. The molecule has 0 bridgehead atoms. The molecule has 0 aliphatic carbocycles. The molecule has 2 heterocycles. The summed E-state index contributed by atoms with van der Waals surface area (Å²) >= 11 is 2.03. The van der Waals surface area contributed by atoms with Gasteiger partial charge < -0.3 is 4.74 Å². The van der Waals surface area contributed by atoms with Crippen molar-refractivity contribution < 1.29 is 4.74 Å². The SMILES string of the molecule is Cc1ncn(CC2CO2)c(=O)c1I. The first kappa shape index (κ1) is 9.14. The third kappa shape index (κ3) is 1.91. The van der Waals surface area contributed by atoms with Gasteiger partial charge in [-0.1, -0.05) is 0 Å². The third-order valence-corrected chi connectivity index (χ3v) is 3.20. The number of halogens is 1. The van der Waals surface area contributed by atoms with Crippen LogP contribution in [-0.4, -0.2) is 22.3 Å². The minimum absolute atomic E-state index is 0.0311. The summed E-state index contributed by atoms with van der Waals surface area (Å²) in [5, 5.41) is 0. The van der Waals surface area contributed by atoms with Gasteiger partial charge in [-0.15, -0.1) is 0 Å². The molecule has 70 valence electrons. The average Bonchev–Trinajstić information content (AvgIpc) is 2.90. The first-order valence-corrected chi connectivity index (χ1v) is 5.09. The Labute approximate surface area is 89.1 Å². The Hall–Kier alpha value is -0.430. The van der Waals surface area contributed by atoms with E-state index in [2.05, 4.69) is 4.98 Å². The van der Waals surface area contributed by atoms with Crippen molar-refractivity contribution in [3.05, 3.63) is 25.9 Å². The second-order valence-electron chi connectivity index (χ2n) is 3.06. The normalized spacial score (nSPS) is 20.3. The second-order valence-corrected chi connectivity index (χ2v) is 4.14. The molecule has 4 nitrogen and oxygen atoms in total. The standard InChI is InChI=1S/C8H9IN2O2/c1-5-7(9)8(12)11(4-10-5)2-6-3-13-6/h4,6H,2-3H2,1H3. The van der Waals surface area contributed by atoms with Gasteiger partial charge in [0, 0.05) is 0 Å². The van der Waals surface area contributed by atoms with E-state index in [9.17, 15) is 4.79 Å². The highest BCUT2D eigenvalue weighted by Crippen LogP contribution is 2.10. The topological polar surface area (TPSA) is 47.4 Å². The molecule has 1 atom stereocenters. The highest BCUT2D eigenvalue weighted by atomic mass is 127. The van der Waals surface area contributed by atoms with Gasteiger partial charge in [-0.05, 0) is 29.5 Å². The lowest BCUT2D eigenvalue weighted by atomic mass is 10.4. The smallest absolute Gasteiger partial charge is 0.267 e. The minimum Gasteiger partial charge on any atom is -0.371 e. The maximum atomic E-state index is 11.6. The molecular formula is C8H9IN2O2. The number of epoxide rings is 1. The van der Waals surface area contributed by atoms with Gasteiger partial charge in [0.25, 0.3) is 5.56 Å². The Morgan fingerprint density at radius 1 is 1.85 bits per heavy atom. The summed E-state index contributed by atoms with van der Waals surface area (Å²) in [5.41, 5.74) is 0.821. The van der Waals surface area contributed by atoms with Crippen molar-refractivity contribution in [3.8, 4) is 0 Å². The molecule has 0 N–H and O–H groups in total. The summed E-state index contributed by atoms with van der Waals surface area (Å²) in [5.74, 6) is 0. The Bertz CT molecular complexity index is 384. The van der Waals surface area contributed by atoms with Crippen molar-refractivity contribution in [2.75, 3.05) is 6.61 Å². The molecule has 0 spiro atoms. The number of aryl methyl sites for hydroxylation is 1. The second kappa shape index (κ2) is 3.38. The molecule has 0 saturated carbocycles. The number of hydrogen-bond donors (Lipinski definition) is 0. The fourth-order valence-electron chi connectivity index (χ4n) is 1.07. The molecule has 5 heteroatoms. The van der Waals surface area contributed by atoms with Crippen molar-refractivity contribution >= 4 is 22.6 Å². The van der Waals surface area contributed by atoms with Gasteiger partial charge >= 0.3 is 0 Å². The summed E-state index contributed by atoms with van der Waals surface area (Å²) < 4.78 is 7.35. The van der Waals surface area contributed by atoms with E-state index in [1.54, 1.807) is 10.9 Å². The zero-order chi connectivity index (χ0) is 9.42. The monoisotopic (exact) mass is 292 g/mol. The molecule has 1 fully saturated rings. The van der Waals surface area contributed by atoms with E-state index in [1.807, 2.05) is 29.5 Å². The van der Waals surface area contributed by atoms with Gasteiger partial charge in [-0.2, -0.15) is 0 Å². The van der Waals surface area contributed by atoms with Crippen LogP contribution in [0.2, 0.25) is 0 Å². The molecule has 0 aromatic carbocycles. The largest absolute Gasteiger partial charge is 0.371 e. The quantitative estimate of drug-likeness (QED) is 0.591. The predicted octanol–water partition coefficient (Wildman–Crippen LogP) is 0.555. The number of hydrogen-bond acceptors (Lipinski definition) is 3. The Kier molecular flexibility index (Phi) is 2.37. The van der Waals surface area contributed by atoms with E-state index < -0.39 is 0 Å². The summed E-state index contributed by atoms with van der Waals surface area (Å²) in [6.45, 7) is 3.22. The van der Waals surface area contributed by atoms with Gasteiger partial charge in [0.1, 0.15) is 0 Å². The third-order valence-electron chi connectivity index (χ3n) is 1.96. The zero-order valence-corrected chi connectivity index (χ0v) is 9.32. The molecule has 1 aliphatic heterocycles. The lowest BCUT2D eigenvalue weighted by Crippen LogP contribution is -2.25. The lowest BCUT2D eigenvalue weighted by molar-refractivity contribution is 0.378. The highest BCUT2D eigenvalue weighted by molar-refractivity contribution is 14.1. The molecule has 1 aliphatic rings. The Morgan fingerprint density at radius 3 is 3.15 bits per heavy atom. The van der Waals surface area contributed by atoms with Gasteiger partial charge in [-0.3, -0.25) is 9.36 Å². The van der Waals surface area contributed by atoms with E-state index >= 15 is 0 Å².